The minimum atomic E-state index is -3.07. The summed E-state index contributed by atoms with van der Waals surface area (Å²) in [6.45, 7) is 1.34. The third-order valence-electron chi connectivity index (χ3n) is 5.43. The van der Waals surface area contributed by atoms with Gasteiger partial charge in [0, 0.05) is 6.42 Å². The molecule has 33 heavy (non-hydrogen) atoms. The summed E-state index contributed by atoms with van der Waals surface area (Å²) in [6, 6.07) is 0. The Kier molecular flexibility index (Phi) is 13.7. The molecule has 1 heterocycles. The number of allylic oxidation sites excluding steroid dienone is 6. The fourth-order valence-corrected chi connectivity index (χ4v) is 3.42. The van der Waals surface area contributed by atoms with E-state index in [0.29, 0.717) is 6.42 Å². The van der Waals surface area contributed by atoms with Crippen LogP contribution in [0.4, 0.5) is 0 Å². The Balaban J connectivity index is 2.20. The average Bonchev–Trinajstić information content (AvgIpc) is 2.78. The fourth-order valence-electron chi connectivity index (χ4n) is 3.42. The molecule has 0 aromatic heterocycles. The number of ether oxygens (including phenoxy) is 2. The van der Waals surface area contributed by atoms with Gasteiger partial charge in [0.05, 0.1) is 6.61 Å². The molecular formula is C24H41NO8. The maximum absolute atomic E-state index is 12.1. The number of carbonyl (C=O) groups excluding carboxylic acids is 1. The molecule has 0 radical (unpaired) electrons. The summed E-state index contributed by atoms with van der Waals surface area (Å²) >= 11 is 0. The van der Waals surface area contributed by atoms with E-state index in [0.717, 1.165) is 51.4 Å². The third-order valence-corrected chi connectivity index (χ3v) is 5.43. The highest BCUT2D eigenvalue weighted by atomic mass is 16.8. The van der Waals surface area contributed by atoms with E-state index >= 15 is 0 Å². The summed E-state index contributed by atoms with van der Waals surface area (Å²) in [7, 11) is 0. The van der Waals surface area contributed by atoms with E-state index in [4.69, 9.17) is 20.3 Å². The van der Waals surface area contributed by atoms with Crippen molar-refractivity contribution in [2.45, 2.75) is 101 Å². The Labute approximate surface area is 196 Å². The molecule has 1 aliphatic heterocycles. The maximum atomic E-state index is 12.1. The Hall–Kier alpha value is -1.59. The highest BCUT2D eigenvalue weighted by Gasteiger charge is 2.65. The molecule has 9 heteroatoms. The predicted molar refractivity (Wildman–Crippen MR) is 123 cm³/mol. The second-order valence-electron chi connectivity index (χ2n) is 8.24. The van der Waals surface area contributed by atoms with Crippen LogP contribution < -0.4 is 5.73 Å². The summed E-state index contributed by atoms with van der Waals surface area (Å²) in [4.78, 5) is 12.1. The van der Waals surface area contributed by atoms with Gasteiger partial charge in [-0.3, -0.25) is 10.5 Å². The van der Waals surface area contributed by atoms with Crippen molar-refractivity contribution in [3.63, 3.8) is 0 Å². The zero-order valence-electron chi connectivity index (χ0n) is 19.5. The zero-order chi connectivity index (χ0) is 24.7. The highest BCUT2D eigenvalue weighted by Crippen LogP contribution is 2.35. The van der Waals surface area contributed by atoms with Crippen LogP contribution in [-0.2, 0) is 14.3 Å². The topological polar surface area (TPSA) is 163 Å². The van der Waals surface area contributed by atoms with E-state index < -0.39 is 42.6 Å². The van der Waals surface area contributed by atoms with E-state index in [9.17, 15) is 25.2 Å². The van der Waals surface area contributed by atoms with Crippen LogP contribution in [0, 0.1) is 0 Å². The minimum Gasteiger partial charge on any atom is -0.423 e. The highest BCUT2D eigenvalue weighted by molar-refractivity contribution is 5.69. The van der Waals surface area contributed by atoms with Crippen LogP contribution >= 0.6 is 0 Å². The molecule has 9 nitrogen and oxygen atoms in total. The molecule has 0 saturated carbocycles. The lowest BCUT2D eigenvalue weighted by Gasteiger charge is -2.49. The summed E-state index contributed by atoms with van der Waals surface area (Å²) in [5.41, 5.74) is 5.42. The van der Waals surface area contributed by atoms with Gasteiger partial charge in [0.2, 0.25) is 0 Å². The molecule has 1 rings (SSSR count). The quantitative estimate of drug-likeness (QED) is 0.0899. The summed E-state index contributed by atoms with van der Waals surface area (Å²) in [5.74, 6) is -6.97. The van der Waals surface area contributed by atoms with Crippen molar-refractivity contribution in [2.75, 3.05) is 6.61 Å². The fraction of sp³-hybridized carbons (Fsp3) is 0.708. The van der Waals surface area contributed by atoms with Gasteiger partial charge in [0.15, 0.2) is 6.10 Å². The Morgan fingerprint density at radius 1 is 0.970 bits per heavy atom. The van der Waals surface area contributed by atoms with Crippen molar-refractivity contribution in [3.05, 3.63) is 36.5 Å². The lowest BCUT2D eigenvalue weighted by molar-refractivity contribution is -0.445. The molecule has 1 aliphatic rings. The number of hydrogen-bond acceptors (Lipinski definition) is 9. The van der Waals surface area contributed by atoms with Crippen LogP contribution in [0.5, 0.6) is 0 Å². The SMILES string of the molecule is CC/C=C\C/C=C\C/C=C\CCCCCCCC(=O)O[C@]1(O)[C@@H](O)[C@H](O)[C@@H](CO)OC1(N)O. The first kappa shape index (κ1) is 29.4. The molecule has 0 aromatic carbocycles. The Morgan fingerprint density at radius 2 is 1.55 bits per heavy atom. The van der Waals surface area contributed by atoms with Gasteiger partial charge in [-0.25, -0.2) is 0 Å². The number of esters is 1. The van der Waals surface area contributed by atoms with E-state index in [2.05, 4.69) is 43.4 Å². The molecule has 0 spiro atoms. The summed E-state index contributed by atoms with van der Waals surface area (Å²) in [5, 5.41) is 49.5. The number of aliphatic hydroxyl groups is 5. The molecular weight excluding hydrogens is 430 g/mol. The molecule has 0 aliphatic carbocycles. The number of hydrogen-bond donors (Lipinski definition) is 6. The number of aliphatic hydroxyl groups excluding tert-OH is 3. The first-order valence-electron chi connectivity index (χ1n) is 11.7. The molecule has 7 N–H and O–H groups in total. The molecule has 0 amide bonds. The molecule has 5 atom stereocenters. The standard InChI is InChI=1S/C24H41NO8/c1-2-3-4-5-6-7-8-9-10-11-12-13-14-15-16-17-20(27)33-23(30)22(29)21(28)19(18-26)32-24(23,25)31/h3-4,6-7,9-10,19,21-22,26,28-31H,2,5,8,11-18,25H2,1H3/b4-3-,7-6-,10-9-/t19-,21-,22+,23-,24?/m1/s1. The van der Waals surface area contributed by atoms with Crippen molar-refractivity contribution in [1.29, 1.82) is 0 Å². The van der Waals surface area contributed by atoms with E-state index in [1.807, 2.05) is 0 Å². The monoisotopic (exact) mass is 471 g/mol. The largest absolute Gasteiger partial charge is 0.423 e. The summed E-state index contributed by atoms with van der Waals surface area (Å²) in [6.07, 6.45) is 15.7. The van der Waals surface area contributed by atoms with Gasteiger partial charge >= 0.3 is 11.8 Å². The van der Waals surface area contributed by atoms with Gasteiger partial charge in [-0.15, -0.1) is 0 Å². The zero-order valence-corrected chi connectivity index (χ0v) is 19.5. The van der Waals surface area contributed by atoms with Crippen LogP contribution in [-0.4, -0.2) is 68.1 Å². The molecule has 190 valence electrons. The Morgan fingerprint density at radius 3 is 2.18 bits per heavy atom. The van der Waals surface area contributed by atoms with Crippen LogP contribution in [0.3, 0.4) is 0 Å². The van der Waals surface area contributed by atoms with Crippen LogP contribution in [0.25, 0.3) is 0 Å². The van der Waals surface area contributed by atoms with Gasteiger partial charge in [-0.05, 0) is 38.5 Å². The first-order valence-corrected chi connectivity index (χ1v) is 11.7. The van der Waals surface area contributed by atoms with Crippen molar-refractivity contribution in [3.8, 4) is 0 Å². The van der Waals surface area contributed by atoms with Crippen molar-refractivity contribution >= 4 is 5.97 Å². The van der Waals surface area contributed by atoms with Crippen LogP contribution in [0.2, 0.25) is 0 Å². The molecule has 1 fully saturated rings. The lowest BCUT2D eigenvalue weighted by atomic mass is 9.93. The van der Waals surface area contributed by atoms with Gasteiger partial charge in [0.25, 0.3) is 5.91 Å². The van der Waals surface area contributed by atoms with E-state index in [1.165, 1.54) is 0 Å². The second-order valence-corrected chi connectivity index (χ2v) is 8.24. The molecule has 0 bridgehead atoms. The normalized spacial score (nSPS) is 30.6. The first-order chi connectivity index (χ1) is 15.7. The summed E-state index contributed by atoms with van der Waals surface area (Å²) < 4.78 is 9.58. The van der Waals surface area contributed by atoms with Crippen LogP contribution in [0.15, 0.2) is 36.5 Å². The van der Waals surface area contributed by atoms with Gasteiger partial charge in [0.1, 0.15) is 12.2 Å². The maximum Gasteiger partial charge on any atom is 0.309 e. The lowest BCUT2D eigenvalue weighted by Crippen LogP contribution is -2.77. The van der Waals surface area contributed by atoms with E-state index in [-0.39, 0.29) is 6.42 Å². The second kappa shape index (κ2) is 15.3. The van der Waals surface area contributed by atoms with Crippen molar-refractivity contribution < 1.29 is 39.8 Å². The molecule has 1 unspecified atom stereocenters. The van der Waals surface area contributed by atoms with E-state index in [1.54, 1.807) is 0 Å². The van der Waals surface area contributed by atoms with Gasteiger partial charge in [-0.1, -0.05) is 62.6 Å². The average molecular weight is 472 g/mol. The minimum absolute atomic E-state index is 0.0652. The van der Waals surface area contributed by atoms with Gasteiger partial charge in [-0.2, -0.15) is 0 Å². The number of carbonyl (C=O) groups is 1. The Bertz CT molecular complexity index is 648. The smallest absolute Gasteiger partial charge is 0.309 e. The third kappa shape index (κ3) is 9.66. The number of rotatable bonds is 15. The van der Waals surface area contributed by atoms with Crippen LogP contribution in [0.1, 0.15) is 71.1 Å². The molecule has 0 aromatic rings. The number of nitrogens with two attached hydrogens (primary N) is 1. The number of unbranched alkanes of at least 4 members (excludes halogenated alkanes) is 5. The molecule has 1 saturated heterocycles. The van der Waals surface area contributed by atoms with Gasteiger partial charge < -0.3 is 35.0 Å². The predicted octanol–water partition coefficient (Wildman–Crippen LogP) is 1.53. The van der Waals surface area contributed by atoms with Crippen molar-refractivity contribution in [2.24, 2.45) is 5.73 Å². The van der Waals surface area contributed by atoms with Crippen molar-refractivity contribution in [1.82, 2.24) is 0 Å².